The Morgan fingerprint density at radius 1 is 1.32 bits per heavy atom. The largest absolute Gasteiger partial charge is 0.469 e. The van der Waals surface area contributed by atoms with Gasteiger partial charge in [-0.15, -0.1) is 16.7 Å². The molecule has 1 aromatic carbocycles. The van der Waals surface area contributed by atoms with Gasteiger partial charge in [-0.3, -0.25) is 4.79 Å². The topological polar surface area (TPSA) is 41.9 Å². The van der Waals surface area contributed by atoms with E-state index in [-0.39, 0.29) is 24.1 Å². The fourth-order valence-corrected chi connectivity index (χ4v) is 1.59. The van der Waals surface area contributed by atoms with Gasteiger partial charge in [0.1, 0.15) is 5.88 Å². The van der Waals surface area contributed by atoms with E-state index in [4.69, 9.17) is 16.3 Å². The van der Waals surface area contributed by atoms with E-state index < -0.39 is 17.6 Å². The standard InChI is InChI=1S/C11H8ClF3N2O2/c12-5-9-16-17(10(18)6-19-9)8-3-1-7(2-4-8)11(13,14)15/h1-4H,5-6H2. The fourth-order valence-electron chi connectivity index (χ4n) is 1.46. The molecule has 1 aliphatic rings. The number of halogens is 4. The van der Waals surface area contributed by atoms with Crippen LogP contribution in [0.2, 0.25) is 0 Å². The predicted molar refractivity (Wildman–Crippen MR) is 63.0 cm³/mol. The lowest BCUT2D eigenvalue weighted by Gasteiger charge is -2.23. The third kappa shape index (κ3) is 2.98. The zero-order valence-electron chi connectivity index (χ0n) is 9.45. The molecule has 4 nitrogen and oxygen atoms in total. The maximum absolute atomic E-state index is 12.4. The number of alkyl halides is 4. The maximum atomic E-state index is 12.4. The highest BCUT2D eigenvalue weighted by Crippen LogP contribution is 2.30. The van der Waals surface area contributed by atoms with Gasteiger partial charge in [-0.2, -0.15) is 18.2 Å². The van der Waals surface area contributed by atoms with Crippen molar-refractivity contribution >= 4 is 29.1 Å². The monoisotopic (exact) mass is 292 g/mol. The molecule has 0 aromatic heterocycles. The fraction of sp³-hybridized carbons (Fsp3) is 0.273. The Morgan fingerprint density at radius 2 is 1.95 bits per heavy atom. The smallest absolute Gasteiger partial charge is 0.416 e. The summed E-state index contributed by atoms with van der Waals surface area (Å²) >= 11 is 5.52. The van der Waals surface area contributed by atoms with Crippen LogP contribution in [0.5, 0.6) is 0 Å². The van der Waals surface area contributed by atoms with Gasteiger partial charge in [0.05, 0.1) is 11.3 Å². The molecule has 0 bridgehead atoms. The third-order valence-corrected chi connectivity index (χ3v) is 2.59. The van der Waals surface area contributed by atoms with E-state index >= 15 is 0 Å². The Kier molecular flexibility index (Phi) is 3.66. The predicted octanol–water partition coefficient (Wildman–Crippen LogP) is 2.62. The Morgan fingerprint density at radius 3 is 2.47 bits per heavy atom. The second-order valence-electron chi connectivity index (χ2n) is 3.67. The molecule has 0 N–H and O–H groups in total. The highest BCUT2D eigenvalue weighted by molar-refractivity contribution is 6.27. The van der Waals surface area contributed by atoms with Crippen molar-refractivity contribution in [3.05, 3.63) is 29.8 Å². The minimum atomic E-state index is -4.42. The van der Waals surface area contributed by atoms with E-state index in [0.717, 1.165) is 17.1 Å². The molecule has 0 saturated heterocycles. The Balaban J connectivity index is 2.29. The van der Waals surface area contributed by atoms with Crippen molar-refractivity contribution in [2.24, 2.45) is 5.10 Å². The maximum Gasteiger partial charge on any atom is 0.416 e. The normalized spacial score (nSPS) is 16.1. The number of anilines is 1. The number of nitrogens with zero attached hydrogens (tertiary/aromatic N) is 2. The van der Waals surface area contributed by atoms with Crippen LogP contribution in [0.4, 0.5) is 18.9 Å². The number of hydrogen-bond donors (Lipinski definition) is 0. The molecule has 0 saturated carbocycles. The number of carbonyl (C=O) groups excluding carboxylic acids is 1. The molecule has 8 heteroatoms. The quantitative estimate of drug-likeness (QED) is 0.786. The van der Waals surface area contributed by atoms with E-state index in [0.29, 0.717) is 0 Å². The zero-order chi connectivity index (χ0) is 14.0. The van der Waals surface area contributed by atoms with Gasteiger partial charge >= 0.3 is 6.18 Å². The summed E-state index contributed by atoms with van der Waals surface area (Å²) in [5.74, 6) is -0.362. The van der Waals surface area contributed by atoms with E-state index in [9.17, 15) is 18.0 Å². The molecule has 102 valence electrons. The van der Waals surface area contributed by atoms with Crippen molar-refractivity contribution in [3.8, 4) is 0 Å². The summed E-state index contributed by atoms with van der Waals surface area (Å²) in [6, 6.07) is 4.10. The molecule has 0 unspecified atom stereocenters. The van der Waals surface area contributed by atoms with Crippen LogP contribution in [-0.2, 0) is 15.7 Å². The van der Waals surface area contributed by atoms with Gasteiger partial charge in [-0.05, 0) is 24.3 Å². The van der Waals surface area contributed by atoms with Crippen LogP contribution >= 0.6 is 11.6 Å². The lowest BCUT2D eigenvalue weighted by molar-refractivity contribution is -0.137. The average molecular weight is 293 g/mol. The first-order valence-electron chi connectivity index (χ1n) is 5.18. The van der Waals surface area contributed by atoms with Gasteiger partial charge in [0.25, 0.3) is 5.91 Å². The second kappa shape index (κ2) is 5.08. The number of hydrazone groups is 1. The molecular formula is C11H8ClF3N2O2. The molecular weight excluding hydrogens is 285 g/mol. The van der Waals surface area contributed by atoms with Gasteiger partial charge in [0.15, 0.2) is 6.61 Å². The third-order valence-electron chi connectivity index (χ3n) is 2.36. The second-order valence-corrected chi connectivity index (χ2v) is 3.93. The van der Waals surface area contributed by atoms with Crippen LogP contribution in [0.15, 0.2) is 29.4 Å². The highest BCUT2D eigenvalue weighted by Gasteiger charge is 2.31. The van der Waals surface area contributed by atoms with Crippen LogP contribution in [0.1, 0.15) is 5.56 Å². The molecule has 0 radical (unpaired) electrons. The number of ether oxygens (including phenoxy) is 1. The van der Waals surface area contributed by atoms with Crippen LogP contribution in [0.25, 0.3) is 0 Å². The molecule has 2 rings (SSSR count). The van der Waals surface area contributed by atoms with Gasteiger partial charge < -0.3 is 4.74 Å². The molecule has 19 heavy (non-hydrogen) atoms. The van der Waals surface area contributed by atoms with Crippen molar-refractivity contribution < 1.29 is 22.7 Å². The molecule has 1 aromatic rings. The molecule has 1 heterocycles. The van der Waals surface area contributed by atoms with Crippen LogP contribution in [-0.4, -0.2) is 24.3 Å². The summed E-state index contributed by atoms with van der Waals surface area (Å²) in [5, 5.41) is 4.78. The van der Waals surface area contributed by atoms with Crippen LogP contribution in [0.3, 0.4) is 0 Å². The van der Waals surface area contributed by atoms with Crippen molar-refractivity contribution in [2.75, 3.05) is 17.5 Å². The number of amides is 1. The Labute approximate surface area is 111 Å². The van der Waals surface area contributed by atoms with Gasteiger partial charge in [0.2, 0.25) is 5.90 Å². The first-order valence-corrected chi connectivity index (χ1v) is 5.71. The molecule has 0 atom stereocenters. The number of carbonyl (C=O) groups is 1. The summed E-state index contributed by atoms with van der Waals surface area (Å²) in [7, 11) is 0. The molecule has 1 amide bonds. The van der Waals surface area contributed by atoms with Crippen molar-refractivity contribution in [2.45, 2.75) is 6.18 Å². The lowest BCUT2D eigenvalue weighted by Crippen LogP contribution is -2.37. The summed E-state index contributed by atoms with van der Waals surface area (Å²) in [6.45, 7) is -0.243. The molecule has 1 aliphatic heterocycles. The molecule has 0 fully saturated rings. The zero-order valence-corrected chi connectivity index (χ0v) is 10.2. The first kappa shape index (κ1) is 13.7. The van der Waals surface area contributed by atoms with Crippen LogP contribution in [0, 0.1) is 0 Å². The summed E-state index contributed by atoms with van der Waals surface area (Å²) in [6.07, 6.45) is -4.42. The SMILES string of the molecule is O=C1COC(CCl)=NN1c1ccc(C(F)(F)F)cc1. The highest BCUT2D eigenvalue weighted by atomic mass is 35.5. The molecule has 0 spiro atoms. The van der Waals surface area contributed by atoms with E-state index in [1.165, 1.54) is 12.1 Å². The summed E-state index contributed by atoms with van der Waals surface area (Å²) in [4.78, 5) is 11.6. The lowest BCUT2D eigenvalue weighted by atomic mass is 10.2. The number of rotatable bonds is 2. The minimum Gasteiger partial charge on any atom is -0.469 e. The van der Waals surface area contributed by atoms with Crippen molar-refractivity contribution in [1.29, 1.82) is 0 Å². The summed E-state index contributed by atoms with van der Waals surface area (Å²) < 4.78 is 42.1. The van der Waals surface area contributed by atoms with E-state index in [2.05, 4.69) is 5.10 Å². The van der Waals surface area contributed by atoms with E-state index in [1.54, 1.807) is 0 Å². The minimum absolute atomic E-state index is 0.0234. The Bertz CT molecular complexity index is 514. The first-order chi connectivity index (χ1) is 8.91. The van der Waals surface area contributed by atoms with Gasteiger partial charge in [0, 0.05) is 0 Å². The number of hydrogen-bond acceptors (Lipinski definition) is 3. The summed E-state index contributed by atoms with van der Waals surface area (Å²) in [5.41, 5.74) is -0.567. The number of benzene rings is 1. The van der Waals surface area contributed by atoms with Crippen molar-refractivity contribution in [1.82, 2.24) is 0 Å². The van der Waals surface area contributed by atoms with E-state index in [1.807, 2.05) is 0 Å². The van der Waals surface area contributed by atoms with Gasteiger partial charge in [-0.1, -0.05) is 0 Å². The Hall–Kier alpha value is -1.76. The van der Waals surface area contributed by atoms with Crippen molar-refractivity contribution in [3.63, 3.8) is 0 Å². The average Bonchev–Trinajstić information content (AvgIpc) is 2.38. The molecule has 0 aliphatic carbocycles. The van der Waals surface area contributed by atoms with Gasteiger partial charge in [-0.25, -0.2) is 0 Å². The van der Waals surface area contributed by atoms with Crippen LogP contribution < -0.4 is 5.01 Å².